The van der Waals surface area contributed by atoms with Gasteiger partial charge in [-0.05, 0) is 18.8 Å². The van der Waals surface area contributed by atoms with Crippen molar-refractivity contribution in [2.45, 2.75) is 63.3 Å². The van der Waals surface area contributed by atoms with E-state index in [1.54, 1.807) is 13.8 Å². The number of primary amides is 1. The van der Waals surface area contributed by atoms with E-state index in [1.807, 2.05) is 0 Å². The third-order valence-corrected chi connectivity index (χ3v) is 5.83. The Morgan fingerprint density at radius 1 is 1.03 bits per heavy atom. The molecule has 0 spiro atoms. The molecule has 0 bridgehead atoms. The van der Waals surface area contributed by atoms with Gasteiger partial charge in [-0.15, -0.1) is 0 Å². The Bertz CT molecular complexity index is 825. The van der Waals surface area contributed by atoms with Crippen LogP contribution in [-0.4, -0.2) is 99.7 Å². The third kappa shape index (κ3) is 8.67. The van der Waals surface area contributed by atoms with Gasteiger partial charge in [0.2, 0.25) is 29.5 Å². The van der Waals surface area contributed by atoms with Gasteiger partial charge in [0.25, 0.3) is 0 Å². The van der Waals surface area contributed by atoms with Crippen LogP contribution in [0, 0.1) is 5.92 Å². The summed E-state index contributed by atoms with van der Waals surface area (Å²) in [5.41, 5.74) is 10.8. The van der Waals surface area contributed by atoms with E-state index < -0.39 is 84.7 Å². The van der Waals surface area contributed by atoms with Crippen LogP contribution in [0.15, 0.2) is 0 Å². The normalized spacial score (nSPS) is 18.8. The first-order valence-electron chi connectivity index (χ1n) is 11.0. The molecule has 9 N–H and O–H groups in total. The van der Waals surface area contributed by atoms with Crippen LogP contribution in [0.3, 0.4) is 0 Å². The number of aliphatic hydroxyl groups is 1. The molecule has 15 heteroatoms. The predicted octanol–water partition coefficient (Wildman–Crippen LogP) is -3.70. The second-order valence-electron chi connectivity index (χ2n) is 8.52. The Labute approximate surface area is 207 Å². The fourth-order valence-electron chi connectivity index (χ4n) is 3.49. The van der Waals surface area contributed by atoms with Crippen LogP contribution < -0.4 is 27.4 Å². The molecule has 1 aliphatic heterocycles. The lowest BCUT2D eigenvalue weighted by molar-refractivity contribution is -0.149. The number of carbonyl (C=O) groups is 6. The molecule has 0 aromatic heterocycles. The minimum atomic E-state index is -1.55. The molecule has 1 heterocycles. The molecule has 0 unspecified atom stereocenters. The first kappa shape index (κ1) is 30.1. The number of carboxylic acid groups (broad SMARTS) is 1. The first-order chi connectivity index (χ1) is 16.3. The Hall–Kier alpha value is -2.91. The van der Waals surface area contributed by atoms with Gasteiger partial charge >= 0.3 is 5.97 Å². The molecule has 35 heavy (non-hydrogen) atoms. The smallest absolute Gasteiger partial charge is 0.326 e. The Kier molecular flexibility index (Phi) is 11.9. The van der Waals surface area contributed by atoms with Gasteiger partial charge in [-0.2, -0.15) is 12.6 Å². The van der Waals surface area contributed by atoms with Gasteiger partial charge in [-0.3, -0.25) is 24.0 Å². The number of nitrogens with one attached hydrogen (secondary N) is 3. The van der Waals surface area contributed by atoms with E-state index in [-0.39, 0.29) is 18.7 Å². The maximum Gasteiger partial charge on any atom is 0.326 e. The molecule has 5 atom stereocenters. The molecule has 1 aliphatic rings. The number of carboxylic acids is 1. The molecule has 14 nitrogen and oxygen atoms in total. The summed E-state index contributed by atoms with van der Waals surface area (Å²) in [4.78, 5) is 74.4. The minimum Gasteiger partial charge on any atom is -0.480 e. The summed E-state index contributed by atoms with van der Waals surface area (Å²) in [6, 6.07) is -6.22. The minimum absolute atomic E-state index is 0.0367. The van der Waals surface area contributed by atoms with Gasteiger partial charge in [-0.1, -0.05) is 13.8 Å². The molecule has 1 fully saturated rings. The number of aliphatic carboxylic acids is 1. The molecule has 0 aliphatic carbocycles. The van der Waals surface area contributed by atoms with Gasteiger partial charge in [0, 0.05) is 12.3 Å². The number of hydrogen-bond acceptors (Lipinski definition) is 9. The number of nitrogens with zero attached hydrogens (tertiary/aromatic N) is 1. The Balaban J connectivity index is 2.97. The van der Waals surface area contributed by atoms with E-state index in [2.05, 4.69) is 28.6 Å². The summed E-state index contributed by atoms with van der Waals surface area (Å²) in [7, 11) is 0. The van der Waals surface area contributed by atoms with Crippen LogP contribution >= 0.6 is 12.6 Å². The van der Waals surface area contributed by atoms with Crippen molar-refractivity contribution < 1.29 is 39.0 Å². The molecule has 1 rings (SSSR count). The highest BCUT2D eigenvalue weighted by atomic mass is 32.1. The van der Waals surface area contributed by atoms with E-state index in [0.29, 0.717) is 6.42 Å². The Morgan fingerprint density at radius 3 is 2.11 bits per heavy atom. The number of thiol groups is 1. The van der Waals surface area contributed by atoms with E-state index in [0.717, 1.165) is 4.90 Å². The summed E-state index contributed by atoms with van der Waals surface area (Å²) >= 11 is 3.93. The van der Waals surface area contributed by atoms with E-state index in [4.69, 9.17) is 11.5 Å². The molecule has 0 aromatic rings. The van der Waals surface area contributed by atoms with Crippen molar-refractivity contribution in [1.82, 2.24) is 20.9 Å². The van der Waals surface area contributed by atoms with E-state index in [1.165, 1.54) is 0 Å². The highest BCUT2D eigenvalue weighted by molar-refractivity contribution is 7.80. The highest BCUT2D eigenvalue weighted by Crippen LogP contribution is 2.19. The van der Waals surface area contributed by atoms with Crippen LogP contribution in [0.25, 0.3) is 0 Å². The summed E-state index contributed by atoms with van der Waals surface area (Å²) in [6.45, 7) is 2.53. The van der Waals surface area contributed by atoms with Crippen molar-refractivity contribution in [3.05, 3.63) is 0 Å². The number of nitrogens with two attached hydrogens (primary N) is 2. The summed E-state index contributed by atoms with van der Waals surface area (Å²) < 4.78 is 0. The van der Waals surface area contributed by atoms with Crippen molar-refractivity contribution in [2.24, 2.45) is 17.4 Å². The monoisotopic (exact) mass is 518 g/mol. The summed E-state index contributed by atoms with van der Waals surface area (Å²) in [5.74, 6) is -5.79. The number of carbonyl (C=O) groups excluding carboxylic acids is 5. The second kappa shape index (κ2) is 13.8. The topological polar surface area (TPSA) is 234 Å². The number of rotatable bonds is 13. The molecular weight excluding hydrogens is 484 g/mol. The second-order valence-corrected chi connectivity index (χ2v) is 8.89. The predicted molar refractivity (Wildman–Crippen MR) is 126 cm³/mol. The fraction of sp³-hybridized carbons (Fsp3) is 0.700. The van der Waals surface area contributed by atoms with Crippen molar-refractivity contribution in [2.75, 3.05) is 18.9 Å². The van der Waals surface area contributed by atoms with E-state index >= 15 is 0 Å². The van der Waals surface area contributed by atoms with Crippen molar-refractivity contribution in [1.29, 1.82) is 0 Å². The molecule has 1 saturated heterocycles. The lowest BCUT2D eigenvalue weighted by atomic mass is 10.0. The van der Waals surface area contributed by atoms with Crippen LogP contribution in [0.1, 0.15) is 33.1 Å². The first-order valence-corrected chi connectivity index (χ1v) is 11.7. The Morgan fingerprint density at radius 2 is 1.63 bits per heavy atom. The van der Waals surface area contributed by atoms with Gasteiger partial charge in [0.15, 0.2) is 0 Å². The number of amides is 5. The number of aliphatic hydroxyl groups excluding tert-OH is 1. The zero-order valence-corrected chi connectivity index (χ0v) is 20.5. The molecule has 0 aromatic carbocycles. The standard InChI is InChI=1S/C20H34N6O8S/c1-9(2)15(25-16(29)10(21)8-35)18(31)24-12(7-27)17(30)23-11(6-14(22)28)19(32)26-5-3-4-13(26)20(33)34/h9-13,15,27,35H,3-8,21H2,1-2H3,(H2,22,28)(H,23,30)(H,24,31)(H,25,29)(H,33,34)/t10-,11-,12-,13-,15-/m0/s1. The quantitative estimate of drug-likeness (QED) is 0.112. The molecule has 0 saturated carbocycles. The lowest BCUT2D eigenvalue weighted by Gasteiger charge is -2.29. The average molecular weight is 519 g/mol. The zero-order chi connectivity index (χ0) is 26.9. The largest absolute Gasteiger partial charge is 0.480 e. The number of likely N-dealkylation sites (tertiary alicyclic amines) is 1. The van der Waals surface area contributed by atoms with Gasteiger partial charge in [0.05, 0.1) is 19.1 Å². The molecule has 198 valence electrons. The lowest BCUT2D eigenvalue weighted by Crippen LogP contribution is -2.60. The van der Waals surface area contributed by atoms with Crippen molar-refractivity contribution >= 4 is 48.1 Å². The van der Waals surface area contributed by atoms with Crippen molar-refractivity contribution in [3.8, 4) is 0 Å². The van der Waals surface area contributed by atoms with Crippen LogP contribution in [0.5, 0.6) is 0 Å². The number of hydrogen-bond donors (Lipinski definition) is 8. The summed E-state index contributed by atoms with van der Waals surface area (Å²) in [5, 5.41) is 26.0. The van der Waals surface area contributed by atoms with Crippen LogP contribution in [0.2, 0.25) is 0 Å². The van der Waals surface area contributed by atoms with Crippen LogP contribution in [-0.2, 0) is 28.8 Å². The highest BCUT2D eigenvalue weighted by Gasteiger charge is 2.39. The molecule has 5 amide bonds. The molecular formula is C20H34N6O8S. The van der Waals surface area contributed by atoms with Gasteiger partial charge in [0.1, 0.15) is 24.2 Å². The SMILES string of the molecule is CC(C)[C@H](NC(=O)[C@@H](N)CS)C(=O)N[C@@H](CO)C(=O)N[C@@H](CC(N)=O)C(=O)N1CCC[C@H]1C(=O)O. The van der Waals surface area contributed by atoms with Gasteiger partial charge in [-0.25, -0.2) is 4.79 Å². The third-order valence-electron chi connectivity index (χ3n) is 5.44. The maximum absolute atomic E-state index is 12.9. The van der Waals surface area contributed by atoms with Gasteiger partial charge < -0.3 is 42.5 Å². The maximum atomic E-state index is 12.9. The van der Waals surface area contributed by atoms with Crippen LogP contribution in [0.4, 0.5) is 0 Å². The zero-order valence-electron chi connectivity index (χ0n) is 19.6. The van der Waals surface area contributed by atoms with E-state index in [9.17, 15) is 39.0 Å². The molecule has 0 radical (unpaired) electrons. The summed E-state index contributed by atoms with van der Waals surface area (Å²) in [6.07, 6.45) is 0.0209. The fourth-order valence-corrected chi connectivity index (χ4v) is 3.66. The average Bonchev–Trinajstić information content (AvgIpc) is 3.28. The van der Waals surface area contributed by atoms with Crippen molar-refractivity contribution in [3.63, 3.8) is 0 Å².